The molecular weight excluding hydrogens is 286 g/mol. The molecule has 0 aliphatic carbocycles. The van der Waals surface area contributed by atoms with E-state index in [0.717, 1.165) is 5.69 Å². The van der Waals surface area contributed by atoms with E-state index in [0.29, 0.717) is 22.3 Å². The van der Waals surface area contributed by atoms with E-state index in [1.807, 2.05) is 32.0 Å². The zero-order chi connectivity index (χ0) is 15.4. The number of aromatic carboxylic acids is 1. The van der Waals surface area contributed by atoms with Gasteiger partial charge in [0.05, 0.1) is 11.4 Å². The molecule has 0 saturated heterocycles. The molecule has 110 valence electrons. The molecule has 0 unspecified atom stereocenters. The van der Waals surface area contributed by atoms with Gasteiger partial charge < -0.3 is 5.11 Å². The molecule has 2 aromatic heterocycles. The van der Waals surface area contributed by atoms with E-state index in [1.165, 1.54) is 11.8 Å². The molecule has 0 amide bonds. The van der Waals surface area contributed by atoms with Gasteiger partial charge in [-0.2, -0.15) is 0 Å². The van der Waals surface area contributed by atoms with Crippen LogP contribution in [0.4, 0.5) is 0 Å². The highest BCUT2D eigenvalue weighted by atomic mass is 32.2. The summed E-state index contributed by atoms with van der Waals surface area (Å²) in [5.41, 5.74) is 1.58. The highest BCUT2D eigenvalue weighted by Crippen LogP contribution is 2.27. The third kappa shape index (κ3) is 3.78. The maximum absolute atomic E-state index is 11.4. The molecule has 0 aromatic carbocycles. The first kappa shape index (κ1) is 15.4. The molecule has 1 N–H and O–H groups in total. The van der Waals surface area contributed by atoms with Gasteiger partial charge in [-0.3, -0.25) is 4.98 Å². The summed E-state index contributed by atoms with van der Waals surface area (Å²) < 4.78 is 0. The van der Waals surface area contributed by atoms with E-state index in [1.54, 1.807) is 13.1 Å². The van der Waals surface area contributed by atoms with Gasteiger partial charge in [-0.25, -0.2) is 14.8 Å². The van der Waals surface area contributed by atoms with Crippen LogP contribution in [0, 0.1) is 6.92 Å². The molecule has 2 aromatic rings. The minimum absolute atomic E-state index is 0.153. The van der Waals surface area contributed by atoms with Gasteiger partial charge in [0.15, 0.2) is 0 Å². The molecule has 2 rings (SSSR count). The smallest absolute Gasteiger partial charge is 0.340 e. The van der Waals surface area contributed by atoms with Crippen LogP contribution in [0.15, 0.2) is 29.4 Å². The van der Waals surface area contributed by atoms with Crippen LogP contribution in [0.5, 0.6) is 0 Å². The number of carboxylic acid groups (broad SMARTS) is 1. The zero-order valence-corrected chi connectivity index (χ0v) is 13.0. The molecule has 0 fully saturated rings. The van der Waals surface area contributed by atoms with Crippen molar-refractivity contribution in [1.82, 2.24) is 15.0 Å². The lowest BCUT2D eigenvalue weighted by Gasteiger charge is -2.11. The first-order valence-corrected chi connectivity index (χ1v) is 7.62. The quantitative estimate of drug-likeness (QED) is 0.674. The van der Waals surface area contributed by atoms with Crippen LogP contribution < -0.4 is 0 Å². The maximum atomic E-state index is 11.4. The van der Waals surface area contributed by atoms with Crippen molar-refractivity contribution in [2.24, 2.45) is 0 Å². The zero-order valence-electron chi connectivity index (χ0n) is 12.2. The third-order valence-electron chi connectivity index (χ3n) is 2.89. The summed E-state index contributed by atoms with van der Waals surface area (Å²) >= 11 is 1.38. The van der Waals surface area contributed by atoms with Gasteiger partial charge in [0.2, 0.25) is 0 Å². The van der Waals surface area contributed by atoms with E-state index in [-0.39, 0.29) is 11.5 Å². The van der Waals surface area contributed by atoms with Crippen LogP contribution in [0.2, 0.25) is 0 Å². The first-order chi connectivity index (χ1) is 9.99. The van der Waals surface area contributed by atoms with Gasteiger partial charge in [0, 0.05) is 17.9 Å². The Balaban J connectivity index is 2.33. The lowest BCUT2D eigenvalue weighted by atomic mass is 10.2. The molecule has 0 aliphatic heterocycles. The van der Waals surface area contributed by atoms with Crippen molar-refractivity contribution in [3.05, 3.63) is 47.2 Å². The lowest BCUT2D eigenvalue weighted by Crippen LogP contribution is -2.10. The summed E-state index contributed by atoms with van der Waals surface area (Å²) in [6, 6.07) is 5.67. The van der Waals surface area contributed by atoms with Crippen molar-refractivity contribution in [3.63, 3.8) is 0 Å². The molecule has 0 saturated carbocycles. The Bertz CT molecular complexity index is 645. The van der Waals surface area contributed by atoms with Gasteiger partial charge in [-0.05, 0) is 19.1 Å². The molecule has 2 heterocycles. The van der Waals surface area contributed by atoms with Gasteiger partial charge in [-0.1, -0.05) is 31.7 Å². The predicted molar refractivity (Wildman–Crippen MR) is 81.6 cm³/mol. The fraction of sp³-hybridized carbons (Fsp3) is 0.333. The first-order valence-electron chi connectivity index (χ1n) is 6.63. The SMILES string of the molecule is Cc1nc(C(C)C)nc(SCc2ccccn2)c1C(=O)O. The van der Waals surface area contributed by atoms with Crippen LogP contribution in [0.3, 0.4) is 0 Å². The van der Waals surface area contributed by atoms with E-state index in [4.69, 9.17) is 0 Å². The lowest BCUT2D eigenvalue weighted by molar-refractivity contribution is 0.0690. The summed E-state index contributed by atoms with van der Waals surface area (Å²) in [7, 11) is 0. The molecule has 6 heteroatoms. The number of hydrogen-bond donors (Lipinski definition) is 1. The normalized spacial score (nSPS) is 10.9. The monoisotopic (exact) mass is 303 g/mol. The van der Waals surface area contributed by atoms with E-state index >= 15 is 0 Å². The van der Waals surface area contributed by atoms with Crippen LogP contribution in [-0.2, 0) is 5.75 Å². The molecule has 0 aliphatic rings. The second kappa shape index (κ2) is 6.67. The van der Waals surface area contributed by atoms with Crippen LogP contribution >= 0.6 is 11.8 Å². The predicted octanol–water partition coefficient (Wildman–Crippen LogP) is 3.29. The van der Waals surface area contributed by atoms with Crippen molar-refractivity contribution in [1.29, 1.82) is 0 Å². The fourth-order valence-electron chi connectivity index (χ4n) is 1.80. The van der Waals surface area contributed by atoms with Crippen LogP contribution in [0.25, 0.3) is 0 Å². The van der Waals surface area contributed by atoms with Gasteiger partial charge in [-0.15, -0.1) is 0 Å². The average molecular weight is 303 g/mol. The molecule has 5 nitrogen and oxygen atoms in total. The number of rotatable bonds is 5. The molecule has 0 atom stereocenters. The summed E-state index contributed by atoms with van der Waals surface area (Å²) in [6.45, 7) is 5.69. The van der Waals surface area contributed by atoms with Gasteiger partial charge in [0.25, 0.3) is 0 Å². The molecule has 0 radical (unpaired) electrons. The average Bonchev–Trinajstić information content (AvgIpc) is 2.45. The Hall–Kier alpha value is -1.95. The van der Waals surface area contributed by atoms with Crippen molar-refractivity contribution < 1.29 is 9.90 Å². The molecule has 21 heavy (non-hydrogen) atoms. The van der Waals surface area contributed by atoms with E-state index < -0.39 is 5.97 Å². The number of nitrogens with zero attached hydrogens (tertiary/aromatic N) is 3. The summed E-state index contributed by atoms with van der Waals surface area (Å²) in [4.78, 5) is 24.4. The number of thioether (sulfide) groups is 1. The standard InChI is InChI=1S/C15H17N3O2S/c1-9(2)13-17-10(3)12(15(19)20)14(18-13)21-8-11-6-4-5-7-16-11/h4-7,9H,8H2,1-3H3,(H,19,20). The maximum Gasteiger partial charge on any atom is 0.340 e. The summed E-state index contributed by atoms with van der Waals surface area (Å²) in [5.74, 6) is 0.405. The number of hydrogen-bond acceptors (Lipinski definition) is 5. The van der Waals surface area contributed by atoms with Gasteiger partial charge in [0.1, 0.15) is 16.4 Å². The van der Waals surface area contributed by atoms with Crippen LogP contribution in [0.1, 0.15) is 47.3 Å². The van der Waals surface area contributed by atoms with E-state index in [2.05, 4.69) is 15.0 Å². The summed E-state index contributed by atoms with van der Waals surface area (Å²) in [5, 5.41) is 9.87. The van der Waals surface area contributed by atoms with Crippen LogP contribution in [-0.4, -0.2) is 26.0 Å². The third-order valence-corrected chi connectivity index (χ3v) is 3.90. The van der Waals surface area contributed by atoms with Crippen molar-refractivity contribution in [2.75, 3.05) is 0 Å². The minimum Gasteiger partial charge on any atom is -0.478 e. The summed E-state index contributed by atoms with van der Waals surface area (Å²) in [6.07, 6.45) is 1.72. The highest BCUT2D eigenvalue weighted by Gasteiger charge is 2.19. The second-order valence-electron chi connectivity index (χ2n) is 4.92. The second-order valence-corrected chi connectivity index (χ2v) is 5.88. The molecule has 0 spiro atoms. The Morgan fingerprint density at radius 2 is 2.10 bits per heavy atom. The number of aromatic nitrogens is 3. The topological polar surface area (TPSA) is 76.0 Å². The van der Waals surface area contributed by atoms with Crippen molar-refractivity contribution in [3.8, 4) is 0 Å². The number of aryl methyl sites for hydroxylation is 1. The Labute approximate surface area is 127 Å². The minimum atomic E-state index is -0.994. The van der Waals surface area contributed by atoms with E-state index in [9.17, 15) is 9.90 Å². The Morgan fingerprint density at radius 3 is 2.67 bits per heavy atom. The number of carboxylic acids is 1. The van der Waals surface area contributed by atoms with Crippen molar-refractivity contribution >= 4 is 17.7 Å². The number of carbonyl (C=O) groups is 1. The van der Waals surface area contributed by atoms with Crippen molar-refractivity contribution in [2.45, 2.75) is 37.5 Å². The molecular formula is C15H17N3O2S. The molecule has 0 bridgehead atoms. The fourth-order valence-corrected chi connectivity index (χ4v) is 2.79. The largest absolute Gasteiger partial charge is 0.478 e. The van der Waals surface area contributed by atoms with Gasteiger partial charge >= 0.3 is 5.97 Å². The Kier molecular flexibility index (Phi) is 4.90. The number of pyridine rings is 1. The highest BCUT2D eigenvalue weighted by molar-refractivity contribution is 7.98. The Morgan fingerprint density at radius 1 is 1.33 bits per heavy atom.